The third-order valence-electron chi connectivity index (χ3n) is 3.35. The molecule has 0 radical (unpaired) electrons. The number of nitriles is 2. The molecule has 24 heavy (non-hydrogen) atoms. The molecule has 0 spiro atoms. The molecule has 5 nitrogen and oxygen atoms in total. The third kappa shape index (κ3) is 4.21. The van der Waals surface area contributed by atoms with Gasteiger partial charge in [-0.15, -0.1) is 11.3 Å². The Kier molecular flexibility index (Phi) is 6.10. The second-order valence-corrected chi connectivity index (χ2v) is 7.43. The average Bonchev–Trinajstić information content (AvgIpc) is 2.85. The highest BCUT2D eigenvalue weighted by molar-refractivity contribution is 9.10. The van der Waals surface area contributed by atoms with Crippen molar-refractivity contribution in [2.45, 2.75) is 6.54 Å². The molecule has 1 aromatic heterocycles. The van der Waals surface area contributed by atoms with Crippen LogP contribution in [0.3, 0.4) is 0 Å². The lowest BCUT2D eigenvalue weighted by Gasteiger charge is -2.07. The van der Waals surface area contributed by atoms with Gasteiger partial charge in [-0.25, -0.2) is 0 Å². The first kappa shape index (κ1) is 18.2. The van der Waals surface area contributed by atoms with Gasteiger partial charge in [-0.1, -0.05) is 28.1 Å². The van der Waals surface area contributed by atoms with Crippen LogP contribution in [0.4, 0.5) is 0 Å². The summed E-state index contributed by atoms with van der Waals surface area (Å²) < 4.78 is 3.44. The molecule has 2 aromatic rings. The maximum atomic E-state index is 12.7. The van der Waals surface area contributed by atoms with E-state index in [-0.39, 0.29) is 11.1 Å². The number of rotatable bonds is 4. The molecule has 0 atom stereocenters. The normalized spacial score (nSPS) is 11.3. The molecule has 0 unspecified atom stereocenters. The van der Waals surface area contributed by atoms with Crippen LogP contribution >= 0.6 is 27.3 Å². The highest BCUT2D eigenvalue weighted by Crippen LogP contribution is 2.10. The van der Waals surface area contributed by atoms with E-state index in [1.807, 2.05) is 50.5 Å². The summed E-state index contributed by atoms with van der Waals surface area (Å²) in [5.74, 6) is 0. The number of nitrogens with zero attached hydrogens (tertiary/aromatic N) is 3. The third-order valence-corrected chi connectivity index (χ3v) is 5.01. The smallest absolute Gasteiger partial charge is 0.269 e. The lowest BCUT2D eigenvalue weighted by molar-refractivity contribution is -0.858. The Morgan fingerprint density at radius 1 is 1.29 bits per heavy atom. The Labute approximate surface area is 152 Å². The van der Waals surface area contributed by atoms with Gasteiger partial charge < -0.3 is 4.90 Å². The topological polar surface area (TPSA) is 74.0 Å². The van der Waals surface area contributed by atoms with Crippen molar-refractivity contribution in [3.8, 4) is 12.1 Å². The molecule has 1 aromatic carbocycles. The minimum absolute atomic E-state index is 0.0266. The Balaban J connectivity index is 2.68. The van der Waals surface area contributed by atoms with Crippen molar-refractivity contribution in [1.82, 2.24) is 4.57 Å². The summed E-state index contributed by atoms with van der Waals surface area (Å²) in [5, 5.41) is 18.3. The molecule has 1 heterocycles. The van der Waals surface area contributed by atoms with Crippen LogP contribution in [0.5, 0.6) is 0 Å². The first-order valence-corrected chi connectivity index (χ1v) is 8.87. The lowest BCUT2D eigenvalue weighted by atomic mass is 10.2. The van der Waals surface area contributed by atoms with Gasteiger partial charge >= 0.3 is 0 Å². The summed E-state index contributed by atoms with van der Waals surface area (Å²) in [7, 11) is 3.98. The van der Waals surface area contributed by atoms with E-state index in [9.17, 15) is 4.79 Å². The number of nitrogens with one attached hydrogen (secondary N) is 1. The van der Waals surface area contributed by atoms with E-state index in [1.165, 1.54) is 20.8 Å². The van der Waals surface area contributed by atoms with Crippen LogP contribution in [0, 0.1) is 22.7 Å². The molecule has 0 saturated carbocycles. The Hall–Kier alpha value is -2.19. The Bertz CT molecular complexity index is 972. The first-order valence-electron chi connectivity index (χ1n) is 7.26. The largest absolute Gasteiger partial charge is 0.338 e. The molecule has 0 aliphatic heterocycles. The SMILES string of the molecule is C[NH+](C)CCn1c(=C(C#N)C#N)s/c(=C/c2ccc(Br)cc2)c1=O. The van der Waals surface area contributed by atoms with E-state index in [2.05, 4.69) is 15.9 Å². The maximum absolute atomic E-state index is 12.7. The van der Waals surface area contributed by atoms with E-state index in [4.69, 9.17) is 10.5 Å². The van der Waals surface area contributed by atoms with Gasteiger partial charge in [0.25, 0.3) is 5.56 Å². The molecule has 0 bridgehead atoms. The fourth-order valence-corrected chi connectivity index (χ4v) is 3.42. The zero-order valence-corrected chi connectivity index (χ0v) is 15.7. The van der Waals surface area contributed by atoms with Gasteiger partial charge in [0.2, 0.25) is 0 Å². The number of halogens is 1. The summed E-state index contributed by atoms with van der Waals surface area (Å²) in [4.78, 5) is 13.9. The van der Waals surface area contributed by atoms with Gasteiger partial charge in [0, 0.05) is 4.47 Å². The summed E-state index contributed by atoms with van der Waals surface area (Å²) in [5.41, 5.74) is 0.701. The molecule has 2 rings (SSSR count). The number of likely N-dealkylation sites (N-methyl/N-ethyl adjacent to an activating group) is 1. The van der Waals surface area contributed by atoms with Crippen LogP contribution in [0.1, 0.15) is 5.56 Å². The minimum Gasteiger partial charge on any atom is -0.338 e. The molecular weight excluding hydrogens is 388 g/mol. The molecule has 7 heteroatoms. The van der Waals surface area contributed by atoms with Crippen LogP contribution in [0.15, 0.2) is 33.5 Å². The molecule has 0 aliphatic rings. The van der Waals surface area contributed by atoms with E-state index in [0.29, 0.717) is 15.7 Å². The van der Waals surface area contributed by atoms with Gasteiger partial charge in [0.1, 0.15) is 16.8 Å². The number of hydrogen-bond acceptors (Lipinski definition) is 4. The fourth-order valence-electron chi connectivity index (χ4n) is 2.07. The molecule has 1 N–H and O–H groups in total. The zero-order chi connectivity index (χ0) is 17.7. The van der Waals surface area contributed by atoms with Crippen molar-refractivity contribution in [2.24, 2.45) is 0 Å². The monoisotopic (exact) mass is 403 g/mol. The number of aromatic nitrogens is 1. The number of thiazole rings is 1. The van der Waals surface area contributed by atoms with E-state index < -0.39 is 0 Å². The van der Waals surface area contributed by atoms with Crippen molar-refractivity contribution < 1.29 is 4.90 Å². The predicted octanol–water partition coefficient (Wildman–Crippen LogP) is -0.157. The highest BCUT2D eigenvalue weighted by atomic mass is 79.9. The molecule has 0 saturated heterocycles. The van der Waals surface area contributed by atoms with Gasteiger partial charge in [0.15, 0.2) is 5.57 Å². The van der Waals surface area contributed by atoms with Gasteiger partial charge in [-0.05, 0) is 23.8 Å². The number of hydrogen-bond donors (Lipinski definition) is 1. The van der Waals surface area contributed by atoms with Crippen molar-refractivity contribution in [3.63, 3.8) is 0 Å². The van der Waals surface area contributed by atoms with Crippen LogP contribution in [0.25, 0.3) is 11.6 Å². The quantitative estimate of drug-likeness (QED) is 0.770. The molecular formula is C17H16BrN4OS+. The standard InChI is InChI=1S/C17H15BrN4OS/c1-21(2)7-8-22-16(23)15(24-17(22)13(10-19)11-20)9-12-3-5-14(18)6-4-12/h3-6,9H,7-8H2,1-2H3/p+1/b15-9+. The predicted molar refractivity (Wildman–Crippen MR) is 97.8 cm³/mol. The Morgan fingerprint density at radius 3 is 2.46 bits per heavy atom. The summed E-state index contributed by atoms with van der Waals surface area (Å²) in [6.45, 7) is 1.19. The van der Waals surface area contributed by atoms with Crippen LogP contribution in [-0.4, -0.2) is 25.2 Å². The summed E-state index contributed by atoms with van der Waals surface area (Å²) in [6.07, 6.45) is 1.79. The second-order valence-electron chi connectivity index (χ2n) is 5.48. The zero-order valence-electron chi connectivity index (χ0n) is 13.3. The van der Waals surface area contributed by atoms with Crippen molar-refractivity contribution >= 4 is 38.9 Å². The molecule has 0 amide bonds. The van der Waals surface area contributed by atoms with E-state index in [0.717, 1.165) is 16.6 Å². The molecule has 0 fully saturated rings. The summed E-state index contributed by atoms with van der Waals surface area (Å²) in [6, 6.07) is 11.4. The van der Waals surface area contributed by atoms with Crippen LogP contribution < -0.4 is 19.7 Å². The highest BCUT2D eigenvalue weighted by Gasteiger charge is 2.10. The van der Waals surface area contributed by atoms with Gasteiger partial charge in [-0.2, -0.15) is 10.5 Å². The van der Waals surface area contributed by atoms with Gasteiger partial charge in [-0.3, -0.25) is 9.36 Å². The Morgan fingerprint density at radius 2 is 1.92 bits per heavy atom. The van der Waals surface area contributed by atoms with E-state index >= 15 is 0 Å². The van der Waals surface area contributed by atoms with Crippen LogP contribution in [0.2, 0.25) is 0 Å². The molecule has 0 aliphatic carbocycles. The number of quaternary nitrogens is 1. The lowest BCUT2D eigenvalue weighted by Crippen LogP contribution is -3.06. The van der Waals surface area contributed by atoms with Gasteiger partial charge in [0.05, 0.1) is 31.7 Å². The van der Waals surface area contributed by atoms with Crippen molar-refractivity contribution in [1.29, 1.82) is 10.5 Å². The fraction of sp³-hybridized carbons (Fsp3) is 0.235. The first-order chi connectivity index (χ1) is 11.5. The molecule has 122 valence electrons. The summed E-state index contributed by atoms with van der Waals surface area (Å²) >= 11 is 4.56. The van der Waals surface area contributed by atoms with Crippen molar-refractivity contribution in [2.75, 3.05) is 20.6 Å². The van der Waals surface area contributed by atoms with Crippen LogP contribution in [-0.2, 0) is 6.54 Å². The second kappa shape index (κ2) is 8.07. The minimum atomic E-state index is -0.165. The van der Waals surface area contributed by atoms with E-state index in [1.54, 1.807) is 6.08 Å². The van der Waals surface area contributed by atoms with Crippen molar-refractivity contribution in [3.05, 3.63) is 53.9 Å². The average molecular weight is 404 g/mol. The number of benzene rings is 1. The maximum Gasteiger partial charge on any atom is 0.269 e.